The molecular formula is C20H28N4O5S. The number of piperidine rings is 1. The molecule has 0 bridgehead atoms. The Hall–Kier alpha value is -2.33. The zero-order valence-electron chi connectivity index (χ0n) is 17.7. The summed E-state index contributed by atoms with van der Waals surface area (Å²) in [6.07, 6.45) is 6.54. The third kappa shape index (κ3) is 3.31. The van der Waals surface area contributed by atoms with Gasteiger partial charge in [0, 0.05) is 32.1 Å². The Labute approximate surface area is 177 Å². The zero-order chi connectivity index (χ0) is 21.6. The fourth-order valence-electron chi connectivity index (χ4n) is 4.74. The number of rotatable bonds is 4. The molecule has 2 atom stereocenters. The van der Waals surface area contributed by atoms with Crippen molar-refractivity contribution in [3.63, 3.8) is 0 Å². The van der Waals surface area contributed by atoms with Crippen LogP contribution in [-0.4, -0.2) is 72.4 Å². The van der Waals surface area contributed by atoms with E-state index in [0.29, 0.717) is 43.9 Å². The van der Waals surface area contributed by atoms with Gasteiger partial charge in [-0.25, -0.2) is 13.2 Å². The lowest BCUT2D eigenvalue weighted by Gasteiger charge is -2.46. The van der Waals surface area contributed by atoms with Gasteiger partial charge in [0.1, 0.15) is 23.3 Å². The van der Waals surface area contributed by atoms with Crippen molar-refractivity contribution in [2.24, 2.45) is 13.0 Å². The Balaban J connectivity index is 1.53. The second-order valence-electron chi connectivity index (χ2n) is 8.01. The molecule has 1 amide bonds. The second-order valence-corrected chi connectivity index (χ2v) is 9.88. The minimum Gasteiger partial charge on any atom is -0.499 e. The first kappa shape index (κ1) is 20.9. The number of hydrogen-bond donors (Lipinski definition) is 0. The number of hydrogen-bond acceptors (Lipinski definition) is 6. The summed E-state index contributed by atoms with van der Waals surface area (Å²) in [6, 6.07) is -0.324. The highest BCUT2D eigenvalue weighted by Gasteiger charge is 2.45. The lowest BCUT2D eigenvalue weighted by Crippen LogP contribution is -2.59. The third-order valence-corrected chi connectivity index (χ3v) is 8.47. The SMILES string of the molecule is COC1=CC=CC2COC(=O)N(C3CCN(S(=O)(=O)c4c(C)nn(C)c4C)CC3)C12. The van der Waals surface area contributed by atoms with Crippen molar-refractivity contribution >= 4 is 16.1 Å². The number of ether oxygens (including phenoxy) is 2. The molecule has 0 radical (unpaired) electrons. The van der Waals surface area contributed by atoms with Crippen LogP contribution < -0.4 is 0 Å². The smallest absolute Gasteiger partial charge is 0.410 e. The molecule has 30 heavy (non-hydrogen) atoms. The largest absolute Gasteiger partial charge is 0.499 e. The molecule has 3 aliphatic rings. The number of methoxy groups -OCH3 is 1. The van der Waals surface area contributed by atoms with Crippen LogP contribution in [0.4, 0.5) is 4.79 Å². The summed E-state index contributed by atoms with van der Waals surface area (Å²) in [5, 5.41) is 4.25. The summed E-state index contributed by atoms with van der Waals surface area (Å²) in [6.45, 7) is 4.47. The predicted octanol–water partition coefficient (Wildman–Crippen LogP) is 1.73. The van der Waals surface area contributed by atoms with Gasteiger partial charge in [-0.3, -0.25) is 9.58 Å². The number of sulfonamides is 1. The number of cyclic esters (lactones) is 1. The van der Waals surface area contributed by atoms with E-state index in [-0.39, 0.29) is 29.0 Å². The number of allylic oxidation sites excluding steroid dienone is 2. The Bertz CT molecular complexity index is 1000. The van der Waals surface area contributed by atoms with Gasteiger partial charge in [-0.05, 0) is 32.8 Å². The van der Waals surface area contributed by atoms with Crippen molar-refractivity contribution in [3.05, 3.63) is 35.4 Å². The van der Waals surface area contributed by atoms with E-state index in [1.165, 1.54) is 4.31 Å². The van der Waals surface area contributed by atoms with Crippen molar-refractivity contribution in [2.75, 3.05) is 26.8 Å². The van der Waals surface area contributed by atoms with Gasteiger partial charge in [0.05, 0.1) is 18.5 Å². The molecule has 4 rings (SSSR count). The van der Waals surface area contributed by atoms with Crippen LogP contribution in [0, 0.1) is 19.8 Å². The minimum absolute atomic E-state index is 0.0325. The number of aromatic nitrogens is 2. The van der Waals surface area contributed by atoms with Gasteiger partial charge < -0.3 is 9.47 Å². The lowest BCUT2D eigenvalue weighted by atomic mass is 9.89. The molecular weight excluding hydrogens is 408 g/mol. The predicted molar refractivity (Wildman–Crippen MR) is 109 cm³/mol. The molecule has 164 valence electrons. The number of carbonyl (C=O) groups excluding carboxylic acids is 1. The van der Waals surface area contributed by atoms with E-state index in [0.717, 1.165) is 5.76 Å². The van der Waals surface area contributed by atoms with Crippen molar-refractivity contribution in [3.8, 4) is 0 Å². The van der Waals surface area contributed by atoms with Crippen molar-refractivity contribution < 1.29 is 22.7 Å². The molecule has 0 saturated carbocycles. The maximum atomic E-state index is 13.2. The molecule has 1 aliphatic carbocycles. The van der Waals surface area contributed by atoms with E-state index in [9.17, 15) is 13.2 Å². The average Bonchev–Trinajstić information content (AvgIpc) is 2.99. The topological polar surface area (TPSA) is 94.0 Å². The fraction of sp³-hybridized carbons (Fsp3) is 0.600. The fourth-order valence-corrected chi connectivity index (χ4v) is 6.61. The van der Waals surface area contributed by atoms with E-state index in [1.807, 2.05) is 18.2 Å². The summed E-state index contributed by atoms with van der Waals surface area (Å²) >= 11 is 0. The van der Waals surface area contributed by atoms with Gasteiger partial charge in [0.15, 0.2) is 0 Å². The minimum atomic E-state index is -3.64. The maximum Gasteiger partial charge on any atom is 0.410 e. The molecule has 1 aromatic heterocycles. The molecule has 0 N–H and O–H groups in total. The van der Waals surface area contributed by atoms with E-state index in [2.05, 4.69) is 5.10 Å². The second kappa shape index (κ2) is 7.73. The molecule has 0 aromatic carbocycles. The summed E-state index contributed by atoms with van der Waals surface area (Å²) < 4.78 is 40.5. The first-order valence-corrected chi connectivity index (χ1v) is 11.6. The Kier molecular flexibility index (Phi) is 5.39. The lowest BCUT2D eigenvalue weighted by molar-refractivity contribution is -0.0118. The molecule has 2 unspecified atom stereocenters. The van der Waals surface area contributed by atoms with E-state index < -0.39 is 10.0 Å². The standard InChI is InChI=1S/C20H28N4O5S/c1-13-19(14(2)22(3)21-13)30(26,27)23-10-8-16(9-11-23)24-18-15(12-29-20(24)25)6-5-7-17(18)28-4/h5-7,15-16,18H,8-12H2,1-4H3. The van der Waals surface area contributed by atoms with Crippen LogP contribution in [0.3, 0.4) is 0 Å². The highest BCUT2D eigenvalue weighted by atomic mass is 32.2. The normalized spacial score (nSPS) is 25.7. The van der Waals surface area contributed by atoms with Crippen LogP contribution in [0.25, 0.3) is 0 Å². The molecule has 2 aliphatic heterocycles. The Morgan fingerprint density at radius 1 is 1.23 bits per heavy atom. The molecule has 10 heteroatoms. The van der Waals surface area contributed by atoms with Crippen LogP contribution >= 0.6 is 0 Å². The van der Waals surface area contributed by atoms with Gasteiger partial charge in [0.2, 0.25) is 10.0 Å². The molecule has 1 aromatic rings. The number of nitrogens with zero attached hydrogens (tertiary/aromatic N) is 4. The van der Waals surface area contributed by atoms with Crippen LogP contribution in [0.15, 0.2) is 28.9 Å². The number of carbonyl (C=O) groups is 1. The van der Waals surface area contributed by atoms with Crippen LogP contribution in [0.1, 0.15) is 24.2 Å². The summed E-state index contributed by atoms with van der Waals surface area (Å²) in [4.78, 5) is 14.7. The first-order chi connectivity index (χ1) is 14.3. The highest BCUT2D eigenvalue weighted by Crippen LogP contribution is 2.35. The Morgan fingerprint density at radius 3 is 2.53 bits per heavy atom. The van der Waals surface area contributed by atoms with E-state index in [4.69, 9.17) is 9.47 Å². The number of amides is 1. The van der Waals surface area contributed by atoms with E-state index >= 15 is 0 Å². The summed E-state index contributed by atoms with van der Waals surface area (Å²) in [7, 11) is -0.294. The summed E-state index contributed by atoms with van der Waals surface area (Å²) in [5.41, 5.74) is 1.13. The van der Waals surface area contributed by atoms with Gasteiger partial charge in [-0.1, -0.05) is 12.2 Å². The summed E-state index contributed by atoms with van der Waals surface area (Å²) in [5.74, 6) is 0.765. The Morgan fingerprint density at radius 2 is 1.93 bits per heavy atom. The monoisotopic (exact) mass is 436 g/mol. The average molecular weight is 437 g/mol. The first-order valence-electron chi connectivity index (χ1n) is 10.1. The van der Waals surface area contributed by atoms with Crippen molar-refractivity contribution in [1.29, 1.82) is 0 Å². The zero-order valence-corrected chi connectivity index (χ0v) is 18.6. The van der Waals surface area contributed by atoms with Gasteiger partial charge in [-0.2, -0.15) is 9.40 Å². The third-order valence-electron chi connectivity index (χ3n) is 6.32. The molecule has 2 fully saturated rings. The number of aryl methyl sites for hydroxylation is 2. The van der Waals surface area contributed by atoms with Crippen LogP contribution in [0.2, 0.25) is 0 Å². The maximum absolute atomic E-state index is 13.2. The number of fused-ring (bicyclic) bond motifs is 1. The quantitative estimate of drug-likeness (QED) is 0.714. The molecule has 2 saturated heterocycles. The highest BCUT2D eigenvalue weighted by molar-refractivity contribution is 7.89. The molecule has 3 heterocycles. The molecule has 0 spiro atoms. The van der Waals surface area contributed by atoms with Crippen LogP contribution in [0.5, 0.6) is 0 Å². The van der Waals surface area contributed by atoms with Gasteiger partial charge in [0.25, 0.3) is 0 Å². The van der Waals surface area contributed by atoms with E-state index in [1.54, 1.807) is 37.6 Å². The van der Waals surface area contributed by atoms with Crippen molar-refractivity contribution in [1.82, 2.24) is 19.0 Å². The van der Waals surface area contributed by atoms with Crippen LogP contribution in [-0.2, 0) is 26.5 Å². The molecule has 9 nitrogen and oxygen atoms in total. The van der Waals surface area contributed by atoms with Gasteiger partial charge >= 0.3 is 6.09 Å². The van der Waals surface area contributed by atoms with Crippen molar-refractivity contribution in [2.45, 2.75) is 43.7 Å². The van der Waals surface area contributed by atoms with Gasteiger partial charge in [-0.15, -0.1) is 0 Å².